The number of aryl methyl sites for hydroxylation is 2. The number of urea groups is 1. The van der Waals surface area contributed by atoms with E-state index < -0.39 is 5.54 Å². The second-order valence-corrected chi connectivity index (χ2v) is 8.57. The minimum atomic E-state index is -0.775. The lowest BCUT2D eigenvalue weighted by molar-refractivity contribution is -0.127. The Kier molecular flexibility index (Phi) is 6.48. The van der Waals surface area contributed by atoms with E-state index in [9.17, 15) is 9.59 Å². The smallest absolute Gasteiger partial charge is 0.322 e. The van der Waals surface area contributed by atoms with Crippen LogP contribution in [-0.2, 0) is 17.6 Å². The van der Waals surface area contributed by atoms with Gasteiger partial charge in [-0.3, -0.25) is 10.1 Å². The van der Waals surface area contributed by atoms with Crippen molar-refractivity contribution < 1.29 is 9.59 Å². The number of hydrogen-bond donors (Lipinski definition) is 2. The van der Waals surface area contributed by atoms with Crippen LogP contribution in [0.2, 0.25) is 0 Å². The first-order valence-electron chi connectivity index (χ1n) is 11.1. The second-order valence-electron chi connectivity index (χ2n) is 8.57. The number of likely N-dealkylation sites (tertiary alicyclic amines) is 1. The van der Waals surface area contributed by atoms with Gasteiger partial charge in [0, 0.05) is 0 Å². The summed E-state index contributed by atoms with van der Waals surface area (Å²) in [6.45, 7) is 3.04. The van der Waals surface area contributed by atoms with Crippen LogP contribution in [0.5, 0.6) is 0 Å². The van der Waals surface area contributed by atoms with Crippen molar-refractivity contribution in [3.63, 3.8) is 0 Å². The number of carbonyl (C=O) groups excluding carboxylic acids is 2. The molecule has 1 atom stereocenters. The molecule has 0 aromatic heterocycles. The van der Waals surface area contributed by atoms with Crippen LogP contribution in [0.3, 0.4) is 0 Å². The Morgan fingerprint density at radius 2 is 1.47 bits per heavy atom. The largest absolute Gasteiger partial charge is 0.323 e. The predicted octanol–water partition coefficient (Wildman–Crippen LogP) is 3.54. The molecule has 1 unspecified atom stereocenters. The molecule has 2 aliphatic heterocycles. The van der Waals surface area contributed by atoms with E-state index in [4.69, 9.17) is 0 Å². The lowest BCUT2D eigenvalue weighted by Crippen LogP contribution is -2.56. The van der Waals surface area contributed by atoms with Gasteiger partial charge in [0.05, 0.1) is 0 Å². The normalized spacial score (nSPS) is 22.7. The van der Waals surface area contributed by atoms with Gasteiger partial charge in [0.25, 0.3) is 5.91 Å². The molecule has 158 valence electrons. The van der Waals surface area contributed by atoms with Gasteiger partial charge in [-0.2, -0.15) is 0 Å². The molecule has 0 radical (unpaired) electrons. The molecular formula is C25H31N3O2. The van der Waals surface area contributed by atoms with E-state index >= 15 is 0 Å². The Morgan fingerprint density at radius 3 is 2.03 bits per heavy atom. The van der Waals surface area contributed by atoms with Crippen molar-refractivity contribution in [3.05, 3.63) is 71.8 Å². The Hall–Kier alpha value is -2.66. The van der Waals surface area contributed by atoms with Gasteiger partial charge < -0.3 is 10.2 Å². The quantitative estimate of drug-likeness (QED) is 0.661. The number of hydrogen-bond acceptors (Lipinski definition) is 3. The fourth-order valence-corrected chi connectivity index (χ4v) is 4.96. The highest BCUT2D eigenvalue weighted by Crippen LogP contribution is 2.34. The lowest BCUT2D eigenvalue weighted by atomic mass is 9.74. The van der Waals surface area contributed by atoms with Crippen molar-refractivity contribution in [2.24, 2.45) is 5.92 Å². The molecule has 0 bridgehead atoms. The molecule has 30 heavy (non-hydrogen) atoms. The summed E-state index contributed by atoms with van der Waals surface area (Å²) in [5.41, 5.74) is 1.81. The van der Waals surface area contributed by atoms with Crippen LogP contribution in [0, 0.1) is 5.92 Å². The van der Waals surface area contributed by atoms with Gasteiger partial charge in [-0.25, -0.2) is 4.79 Å². The Bertz CT molecular complexity index is 847. The maximum atomic E-state index is 12.8. The number of piperidine rings is 1. The summed E-state index contributed by atoms with van der Waals surface area (Å²) >= 11 is 0. The summed E-state index contributed by atoms with van der Waals surface area (Å²) in [6.07, 6.45) is 5.55. The van der Waals surface area contributed by atoms with Crippen LogP contribution in [0.1, 0.15) is 36.8 Å². The molecule has 0 saturated carbocycles. The highest BCUT2D eigenvalue weighted by atomic mass is 16.2. The van der Waals surface area contributed by atoms with Crippen LogP contribution in [0.4, 0.5) is 4.79 Å². The van der Waals surface area contributed by atoms with Crippen molar-refractivity contribution in [1.82, 2.24) is 15.5 Å². The third-order valence-electron chi connectivity index (χ3n) is 6.69. The number of nitrogens with zero attached hydrogens (tertiary/aromatic N) is 1. The van der Waals surface area contributed by atoms with Crippen molar-refractivity contribution in [1.29, 1.82) is 0 Å². The Balaban J connectivity index is 1.33. The number of benzene rings is 2. The number of carbonyl (C=O) groups is 2. The molecule has 5 heteroatoms. The van der Waals surface area contributed by atoms with E-state index in [1.54, 1.807) is 0 Å². The first-order chi connectivity index (χ1) is 14.7. The average Bonchev–Trinajstić information content (AvgIpc) is 3.08. The predicted molar refractivity (Wildman–Crippen MR) is 118 cm³/mol. The summed E-state index contributed by atoms with van der Waals surface area (Å²) in [5.74, 6) is 0.0315. The first kappa shape index (κ1) is 20.6. The summed E-state index contributed by atoms with van der Waals surface area (Å²) in [4.78, 5) is 27.3. The minimum absolute atomic E-state index is 0.147. The van der Waals surface area contributed by atoms with E-state index in [0.29, 0.717) is 6.42 Å². The molecule has 2 fully saturated rings. The van der Waals surface area contributed by atoms with Gasteiger partial charge in [-0.1, -0.05) is 60.7 Å². The van der Waals surface area contributed by atoms with Gasteiger partial charge in [0.15, 0.2) is 0 Å². The number of rotatable bonds is 8. The number of nitrogens with one attached hydrogen (secondary N) is 2. The summed E-state index contributed by atoms with van der Waals surface area (Å²) in [6, 6.07) is 20.5. The van der Waals surface area contributed by atoms with Gasteiger partial charge in [0.2, 0.25) is 0 Å². The maximum Gasteiger partial charge on any atom is 0.322 e. The van der Waals surface area contributed by atoms with Crippen LogP contribution < -0.4 is 10.6 Å². The third kappa shape index (κ3) is 4.73. The molecule has 3 amide bonds. The fraction of sp³-hybridized carbons (Fsp3) is 0.440. The van der Waals surface area contributed by atoms with Crippen LogP contribution in [0.15, 0.2) is 60.7 Å². The molecule has 2 aliphatic rings. The molecule has 2 aromatic carbocycles. The Morgan fingerprint density at radius 1 is 0.867 bits per heavy atom. The molecule has 0 spiro atoms. The zero-order valence-corrected chi connectivity index (χ0v) is 17.5. The molecule has 2 N–H and O–H groups in total. The highest BCUT2D eigenvalue weighted by molar-refractivity contribution is 6.07. The molecule has 2 saturated heterocycles. The monoisotopic (exact) mass is 405 g/mol. The van der Waals surface area contributed by atoms with Gasteiger partial charge in [-0.15, -0.1) is 0 Å². The summed E-state index contributed by atoms with van der Waals surface area (Å²) in [5, 5.41) is 5.52. The van der Waals surface area contributed by atoms with Gasteiger partial charge >= 0.3 is 6.03 Å². The first-order valence-corrected chi connectivity index (χ1v) is 11.1. The van der Waals surface area contributed by atoms with Crippen molar-refractivity contribution >= 4 is 11.9 Å². The minimum Gasteiger partial charge on any atom is -0.323 e. The Labute approximate surface area is 178 Å². The zero-order valence-electron chi connectivity index (χ0n) is 17.5. The number of amides is 3. The topological polar surface area (TPSA) is 61.4 Å². The molecule has 2 aromatic rings. The molecule has 4 rings (SSSR count). The van der Waals surface area contributed by atoms with Crippen molar-refractivity contribution in [2.75, 3.05) is 19.6 Å². The standard InChI is InChI=1S/C25H31N3O2/c29-23-25(27-24(30)26-23,16-13-21-10-5-2-6-11-21)22-14-18-28(19-15-22)17-7-12-20-8-3-1-4-9-20/h1-6,8-11,22H,7,12-19H2,(H2,26,27,29,30). The van der Waals surface area contributed by atoms with Gasteiger partial charge in [-0.05, 0) is 75.2 Å². The van der Waals surface area contributed by atoms with Crippen LogP contribution >= 0.6 is 0 Å². The second kappa shape index (κ2) is 9.43. The summed E-state index contributed by atoms with van der Waals surface area (Å²) in [7, 11) is 0. The third-order valence-corrected chi connectivity index (χ3v) is 6.69. The molecular weight excluding hydrogens is 374 g/mol. The number of imide groups is 1. The van der Waals surface area contributed by atoms with Crippen LogP contribution in [0.25, 0.3) is 0 Å². The zero-order chi connectivity index (χ0) is 20.8. The summed E-state index contributed by atoms with van der Waals surface area (Å²) < 4.78 is 0. The van der Waals surface area contributed by atoms with E-state index in [0.717, 1.165) is 51.7 Å². The highest BCUT2D eigenvalue weighted by Gasteiger charge is 2.51. The van der Waals surface area contributed by atoms with Crippen LogP contribution in [-0.4, -0.2) is 42.0 Å². The van der Waals surface area contributed by atoms with Gasteiger partial charge in [0.1, 0.15) is 5.54 Å². The van der Waals surface area contributed by atoms with E-state index in [2.05, 4.69) is 58.0 Å². The van der Waals surface area contributed by atoms with Crippen molar-refractivity contribution in [2.45, 2.75) is 44.1 Å². The molecule has 2 heterocycles. The van der Waals surface area contributed by atoms with E-state index in [-0.39, 0.29) is 17.9 Å². The average molecular weight is 406 g/mol. The fourth-order valence-electron chi connectivity index (χ4n) is 4.96. The maximum absolute atomic E-state index is 12.8. The molecule has 5 nitrogen and oxygen atoms in total. The van der Waals surface area contributed by atoms with Crippen molar-refractivity contribution in [3.8, 4) is 0 Å². The molecule has 0 aliphatic carbocycles. The lowest BCUT2D eigenvalue weighted by Gasteiger charge is -2.40. The SMILES string of the molecule is O=C1NC(=O)C(CCc2ccccc2)(C2CCN(CCCc3ccccc3)CC2)N1. The van der Waals surface area contributed by atoms with E-state index in [1.165, 1.54) is 11.1 Å². The van der Waals surface area contributed by atoms with E-state index in [1.807, 2.05) is 18.2 Å².